The Bertz CT molecular complexity index is 514. The number of halogens is 13. The molecule has 0 saturated carbocycles. The van der Waals surface area contributed by atoms with Crippen LogP contribution < -0.4 is 0 Å². The predicted octanol–water partition coefficient (Wildman–Crippen LogP) is 5.55. The highest BCUT2D eigenvalue weighted by atomic mass is 28.4. The molecule has 15 heteroatoms. The average molecular weight is 436 g/mol. The molecule has 0 heterocycles. The number of hydrogen-bond acceptors (Lipinski definition) is 1. The maximum atomic E-state index is 13.7. The van der Waals surface area contributed by atoms with E-state index in [-0.39, 0.29) is 13.1 Å². The molecule has 0 fully saturated rings. The Morgan fingerprint density at radius 1 is 0.654 bits per heavy atom. The molecule has 0 saturated heterocycles. The molecular formula is C11H13F13OSi. The molecule has 0 aromatic heterocycles. The lowest BCUT2D eigenvalue weighted by atomic mass is 9.92. The minimum absolute atomic E-state index is 0.172. The van der Waals surface area contributed by atoms with Crippen molar-refractivity contribution in [1.29, 1.82) is 0 Å². The highest BCUT2D eigenvalue weighted by Crippen LogP contribution is 2.61. The van der Waals surface area contributed by atoms with Crippen LogP contribution in [0.25, 0.3) is 0 Å². The van der Waals surface area contributed by atoms with Gasteiger partial charge in [-0.05, 0) is 20.0 Å². The summed E-state index contributed by atoms with van der Waals surface area (Å²) in [7, 11) is -4.91. The van der Waals surface area contributed by atoms with E-state index < -0.39 is 56.6 Å². The van der Waals surface area contributed by atoms with Crippen LogP contribution in [0.2, 0.25) is 13.1 Å². The van der Waals surface area contributed by atoms with Gasteiger partial charge in [0.05, 0.1) is 0 Å². The third-order valence-corrected chi connectivity index (χ3v) is 6.61. The summed E-state index contributed by atoms with van der Waals surface area (Å²) < 4.78 is 177. The van der Waals surface area contributed by atoms with E-state index in [1.165, 1.54) is 0 Å². The van der Waals surface area contributed by atoms with Crippen LogP contribution in [0.1, 0.15) is 6.92 Å². The van der Waals surface area contributed by atoms with Crippen molar-refractivity contribution < 1.29 is 61.5 Å². The maximum absolute atomic E-state index is 13.7. The van der Waals surface area contributed by atoms with Crippen LogP contribution in [-0.4, -0.2) is 56.8 Å². The van der Waals surface area contributed by atoms with E-state index in [1.54, 1.807) is 0 Å². The first kappa shape index (κ1) is 25.3. The standard InChI is InChI=1S/C11H13F13OSi/c1-5(12)6(13,14)7(15,16)8(17,18)9(19,20)10(21,22)11(23,24)26(3,4)25-2/h5H,1-4H3. The summed E-state index contributed by atoms with van der Waals surface area (Å²) >= 11 is 0. The van der Waals surface area contributed by atoms with Crippen LogP contribution in [0.5, 0.6) is 0 Å². The first-order valence-corrected chi connectivity index (χ1v) is 9.37. The third-order valence-electron chi connectivity index (χ3n) is 3.76. The zero-order chi connectivity index (χ0) is 21.8. The van der Waals surface area contributed by atoms with Gasteiger partial charge in [0.25, 0.3) is 8.32 Å². The molecule has 158 valence electrons. The average Bonchev–Trinajstić information content (AvgIpc) is 2.45. The Balaban J connectivity index is 6.54. The first-order chi connectivity index (χ1) is 11.0. The fraction of sp³-hybridized carbons (Fsp3) is 1.00. The summed E-state index contributed by atoms with van der Waals surface area (Å²) in [6.07, 6.45) is -4.20. The lowest BCUT2D eigenvalue weighted by molar-refractivity contribution is -0.422. The smallest absolute Gasteiger partial charge is 0.384 e. The van der Waals surface area contributed by atoms with Crippen LogP contribution in [0.4, 0.5) is 57.1 Å². The highest BCUT2D eigenvalue weighted by Gasteiger charge is 2.92. The third kappa shape index (κ3) is 2.98. The highest BCUT2D eigenvalue weighted by molar-refractivity contribution is 6.73. The number of alkyl halides is 13. The fourth-order valence-electron chi connectivity index (χ4n) is 1.56. The van der Waals surface area contributed by atoms with Gasteiger partial charge in [-0.3, -0.25) is 0 Å². The molecule has 0 aromatic rings. The second-order valence-electron chi connectivity index (χ2n) is 5.83. The SMILES string of the molecule is CO[Si](C)(C)C(F)(F)C(F)(F)C(F)(F)C(F)(F)C(F)(F)C(F)(F)C(C)F. The van der Waals surface area contributed by atoms with Gasteiger partial charge in [-0.25, -0.2) is 13.2 Å². The van der Waals surface area contributed by atoms with Gasteiger partial charge < -0.3 is 4.43 Å². The van der Waals surface area contributed by atoms with Crippen molar-refractivity contribution >= 4 is 8.32 Å². The van der Waals surface area contributed by atoms with Gasteiger partial charge in [0.15, 0.2) is 6.17 Å². The van der Waals surface area contributed by atoms with Gasteiger partial charge in [-0.1, -0.05) is 0 Å². The lowest BCUT2D eigenvalue weighted by Gasteiger charge is -2.44. The normalized spacial score (nSPS) is 17.4. The molecule has 0 aromatic carbocycles. The van der Waals surface area contributed by atoms with Crippen molar-refractivity contribution in [3.8, 4) is 0 Å². The minimum Gasteiger partial charge on any atom is -0.413 e. The van der Waals surface area contributed by atoms with Crippen molar-refractivity contribution in [3.05, 3.63) is 0 Å². The molecule has 0 rings (SSSR count). The fourth-order valence-corrected chi connectivity index (χ4v) is 2.73. The quantitative estimate of drug-likeness (QED) is 0.358. The summed E-state index contributed by atoms with van der Waals surface area (Å²) in [4.78, 5) is 0. The molecule has 0 N–H and O–H groups in total. The van der Waals surface area contributed by atoms with Gasteiger partial charge in [0, 0.05) is 7.11 Å². The summed E-state index contributed by atoms with van der Waals surface area (Å²) in [6, 6.07) is 0. The molecule has 0 radical (unpaired) electrons. The Hall–Kier alpha value is -0.733. The van der Waals surface area contributed by atoms with Crippen molar-refractivity contribution in [3.63, 3.8) is 0 Å². The number of rotatable bonds is 8. The van der Waals surface area contributed by atoms with Crippen LogP contribution >= 0.6 is 0 Å². The number of hydrogen-bond donors (Lipinski definition) is 0. The molecule has 1 nitrogen and oxygen atoms in total. The van der Waals surface area contributed by atoms with E-state index in [0.29, 0.717) is 7.11 Å². The molecule has 1 unspecified atom stereocenters. The second kappa shape index (κ2) is 6.41. The van der Waals surface area contributed by atoms with Gasteiger partial charge in [0.2, 0.25) is 0 Å². The van der Waals surface area contributed by atoms with Gasteiger partial charge >= 0.3 is 35.2 Å². The molecule has 1 atom stereocenters. The van der Waals surface area contributed by atoms with E-state index in [2.05, 4.69) is 4.43 Å². The van der Waals surface area contributed by atoms with Crippen LogP contribution in [0, 0.1) is 0 Å². The molecule has 0 aliphatic carbocycles. The van der Waals surface area contributed by atoms with Crippen molar-refractivity contribution in [2.45, 2.75) is 61.3 Å². The second-order valence-corrected chi connectivity index (χ2v) is 9.88. The van der Waals surface area contributed by atoms with E-state index in [9.17, 15) is 57.1 Å². The summed E-state index contributed by atoms with van der Waals surface area (Å²) in [6.45, 7) is -0.0904. The zero-order valence-corrected chi connectivity index (χ0v) is 14.4. The zero-order valence-electron chi connectivity index (χ0n) is 13.4. The van der Waals surface area contributed by atoms with Gasteiger partial charge in [0.1, 0.15) is 0 Å². The molecule has 0 bridgehead atoms. The lowest BCUT2D eigenvalue weighted by Crippen LogP contribution is -2.75. The molecular weight excluding hydrogens is 423 g/mol. The minimum atomic E-state index is -7.75. The Kier molecular flexibility index (Phi) is 6.23. The van der Waals surface area contributed by atoms with E-state index in [4.69, 9.17) is 0 Å². The van der Waals surface area contributed by atoms with Crippen LogP contribution in [0.15, 0.2) is 0 Å². The first-order valence-electron chi connectivity index (χ1n) is 6.46. The summed E-state index contributed by atoms with van der Waals surface area (Å²) in [5, 5.41) is 0. The largest absolute Gasteiger partial charge is 0.413 e. The van der Waals surface area contributed by atoms with E-state index >= 15 is 0 Å². The van der Waals surface area contributed by atoms with Gasteiger partial charge in [-0.15, -0.1) is 0 Å². The Morgan fingerprint density at radius 2 is 0.962 bits per heavy atom. The predicted molar refractivity (Wildman–Crippen MR) is 64.7 cm³/mol. The summed E-state index contributed by atoms with van der Waals surface area (Å²) in [5.74, 6) is -36.7. The monoisotopic (exact) mass is 436 g/mol. The molecule has 26 heavy (non-hydrogen) atoms. The summed E-state index contributed by atoms with van der Waals surface area (Å²) in [5.41, 5.74) is -6.10. The van der Waals surface area contributed by atoms with Crippen molar-refractivity contribution in [2.75, 3.05) is 7.11 Å². The molecule has 0 aliphatic rings. The Labute approximate surface area is 139 Å². The van der Waals surface area contributed by atoms with E-state index in [1.807, 2.05) is 0 Å². The molecule has 0 spiro atoms. The van der Waals surface area contributed by atoms with Crippen LogP contribution in [-0.2, 0) is 4.43 Å². The van der Waals surface area contributed by atoms with Crippen molar-refractivity contribution in [2.24, 2.45) is 0 Å². The molecule has 0 amide bonds. The van der Waals surface area contributed by atoms with Crippen molar-refractivity contribution in [1.82, 2.24) is 0 Å². The van der Waals surface area contributed by atoms with Crippen LogP contribution in [0.3, 0.4) is 0 Å². The van der Waals surface area contributed by atoms with Gasteiger partial charge in [-0.2, -0.15) is 43.9 Å². The van der Waals surface area contributed by atoms with E-state index in [0.717, 1.165) is 0 Å². The molecule has 0 aliphatic heterocycles. The maximum Gasteiger partial charge on any atom is 0.384 e. The topological polar surface area (TPSA) is 9.23 Å². The Morgan fingerprint density at radius 3 is 1.23 bits per heavy atom.